The molecule has 0 aliphatic carbocycles. The Morgan fingerprint density at radius 3 is 2.45 bits per heavy atom. The molecule has 4 nitrogen and oxygen atoms in total. The van der Waals surface area contributed by atoms with E-state index in [1.165, 1.54) is 0 Å². The first-order valence-corrected chi connectivity index (χ1v) is 6.26. The van der Waals surface area contributed by atoms with Crippen LogP contribution >= 0.6 is 0 Å². The largest absolute Gasteiger partial charge is 0.290 e. The van der Waals surface area contributed by atoms with Crippen LogP contribution in [-0.4, -0.2) is 10.9 Å². The van der Waals surface area contributed by atoms with Gasteiger partial charge in [-0.3, -0.25) is 10.2 Å². The van der Waals surface area contributed by atoms with Crippen molar-refractivity contribution in [2.45, 2.75) is 0 Å². The van der Waals surface area contributed by atoms with Gasteiger partial charge in [0.1, 0.15) is 0 Å². The van der Waals surface area contributed by atoms with Gasteiger partial charge in [0.2, 0.25) is 0 Å². The third kappa shape index (κ3) is 2.13. The van der Waals surface area contributed by atoms with Crippen molar-refractivity contribution in [1.29, 1.82) is 0 Å². The van der Waals surface area contributed by atoms with Crippen LogP contribution < -0.4 is 11.3 Å². The summed E-state index contributed by atoms with van der Waals surface area (Å²) in [5, 5.41) is 0.787. The van der Waals surface area contributed by atoms with Gasteiger partial charge in [-0.15, -0.1) is 0 Å². The van der Waals surface area contributed by atoms with Gasteiger partial charge in [-0.1, -0.05) is 48.5 Å². The van der Waals surface area contributed by atoms with Crippen LogP contribution in [0.2, 0.25) is 0 Å². The number of hydrazine groups is 1. The van der Waals surface area contributed by atoms with E-state index in [0.29, 0.717) is 5.56 Å². The van der Waals surface area contributed by atoms with Gasteiger partial charge in [-0.05, 0) is 12.1 Å². The Bertz CT molecular complexity index is 769. The zero-order valence-corrected chi connectivity index (χ0v) is 10.7. The molecule has 0 aliphatic rings. The maximum Gasteiger partial charge on any atom is 0.265 e. The number of pyridine rings is 1. The number of benzene rings is 2. The number of nitrogens with two attached hydrogens (primary N) is 1. The van der Waals surface area contributed by atoms with Crippen LogP contribution in [0.1, 0.15) is 10.4 Å². The van der Waals surface area contributed by atoms with Gasteiger partial charge in [0.25, 0.3) is 5.91 Å². The molecule has 3 rings (SSSR count). The van der Waals surface area contributed by atoms with Crippen molar-refractivity contribution in [3.05, 3.63) is 66.2 Å². The highest BCUT2D eigenvalue weighted by Crippen LogP contribution is 2.24. The van der Waals surface area contributed by atoms with E-state index < -0.39 is 0 Å². The molecular weight excluding hydrogens is 250 g/mol. The first-order valence-electron chi connectivity index (χ1n) is 6.26. The molecule has 3 N–H and O–H groups in total. The molecule has 0 fully saturated rings. The molecule has 0 aliphatic heterocycles. The predicted octanol–water partition coefficient (Wildman–Crippen LogP) is 2.51. The number of hydrogen-bond acceptors (Lipinski definition) is 3. The topological polar surface area (TPSA) is 68.0 Å². The molecule has 0 saturated heterocycles. The van der Waals surface area contributed by atoms with Crippen molar-refractivity contribution < 1.29 is 4.79 Å². The lowest BCUT2D eigenvalue weighted by molar-refractivity contribution is 0.0955. The number of nitrogens with zero attached hydrogens (tertiary/aromatic N) is 1. The molecule has 0 bridgehead atoms. The van der Waals surface area contributed by atoms with E-state index in [1.807, 2.05) is 54.6 Å². The summed E-state index contributed by atoms with van der Waals surface area (Å²) < 4.78 is 0. The second kappa shape index (κ2) is 5.11. The van der Waals surface area contributed by atoms with E-state index in [0.717, 1.165) is 22.2 Å². The minimum absolute atomic E-state index is 0.319. The van der Waals surface area contributed by atoms with Gasteiger partial charge in [-0.25, -0.2) is 10.8 Å². The SMILES string of the molecule is NNC(=O)c1cc(-c2ccccc2)nc2ccccc12. The molecule has 1 heterocycles. The van der Waals surface area contributed by atoms with E-state index in [-0.39, 0.29) is 5.91 Å². The maximum atomic E-state index is 11.9. The summed E-state index contributed by atoms with van der Waals surface area (Å²) in [6.07, 6.45) is 0. The Morgan fingerprint density at radius 2 is 1.70 bits per heavy atom. The molecule has 3 aromatic rings. The Labute approximate surface area is 116 Å². The monoisotopic (exact) mass is 263 g/mol. The van der Waals surface area contributed by atoms with Crippen LogP contribution in [0, 0.1) is 0 Å². The number of nitrogens with one attached hydrogen (secondary N) is 1. The highest BCUT2D eigenvalue weighted by Gasteiger charge is 2.12. The number of nitrogen functional groups attached to an aromatic ring is 1. The number of carbonyl (C=O) groups is 1. The third-order valence-electron chi connectivity index (χ3n) is 3.16. The number of rotatable bonds is 2. The molecule has 98 valence electrons. The fourth-order valence-electron chi connectivity index (χ4n) is 2.20. The number of para-hydroxylation sites is 1. The lowest BCUT2D eigenvalue weighted by Gasteiger charge is -2.08. The van der Waals surface area contributed by atoms with E-state index in [9.17, 15) is 4.79 Å². The lowest BCUT2D eigenvalue weighted by Crippen LogP contribution is -2.30. The Balaban J connectivity index is 2.28. The smallest absolute Gasteiger partial charge is 0.265 e. The predicted molar refractivity (Wildman–Crippen MR) is 78.8 cm³/mol. The molecule has 0 saturated carbocycles. The summed E-state index contributed by atoms with van der Waals surface area (Å²) in [6, 6.07) is 19.0. The minimum Gasteiger partial charge on any atom is -0.290 e. The summed E-state index contributed by atoms with van der Waals surface area (Å²) in [5.41, 5.74) is 5.20. The molecule has 0 unspecified atom stereocenters. The Kier molecular flexibility index (Phi) is 3.15. The van der Waals surface area contributed by atoms with Crippen molar-refractivity contribution in [2.24, 2.45) is 5.84 Å². The van der Waals surface area contributed by atoms with Crippen LogP contribution in [0.25, 0.3) is 22.2 Å². The van der Waals surface area contributed by atoms with Gasteiger partial charge in [-0.2, -0.15) is 0 Å². The molecule has 20 heavy (non-hydrogen) atoms. The highest BCUT2D eigenvalue weighted by molar-refractivity contribution is 6.06. The van der Waals surface area contributed by atoms with Gasteiger partial charge in [0.15, 0.2) is 0 Å². The highest BCUT2D eigenvalue weighted by atomic mass is 16.2. The van der Waals surface area contributed by atoms with Gasteiger partial charge in [0, 0.05) is 10.9 Å². The maximum absolute atomic E-state index is 11.9. The summed E-state index contributed by atoms with van der Waals surface area (Å²) in [5.74, 6) is 4.95. The normalized spacial score (nSPS) is 10.4. The fraction of sp³-hybridized carbons (Fsp3) is 0. The molecule has 0 atom stereocenters. The summed E-state index contributed by atoms with van der Waals surface area (Å²) >= 11 is 0. The van der Waals surface area contributed by atoms with Crippen LogP contribution in [0.4, 0.5) is 0 Å². The van der Waals surface area contributed by atoms with Crippen LogP contribution in [-0.2, 0) is 0 Å². The average molecular weight is 263 g/mol. The van der Waals surface area contributed by atoms with Crippen molar-refractivity contribution >= 4 is 16.8 Å². The first kappa shape index (κ1) is 12.3. The second-order valence-corrected chi connectivity index (χ2v) is 4.41. The zero-order valence-electron chi connectivity index (χ0n) is 10.7. The summed E-state index contributed by atoms with van der Waals surface area (Å²) in [4.78, 5) is 16.5. The van der Waals surface area contributed by atoms with Crippen LogP contribution in [0.15, 0.2) is 60.7 Å². The molecular formula is C16H13N3O. The zero-order chi connectivity index (χ0) is 13.9. The second-order valence-electron chi connectivity index (χ2n) is 4.41. The van der Waals surface area contributed by atoms with Crippen molar-refractivity contribution in [3.63, 3.8) is 0 Å². The number of aromatic nitrogens is 1. The number of amides is 1. The standard InChI is InChI=1S/C16H13N3O/c17-19-16(20)13-10-15(11-6-2-1-3-7-11)18-14-9-5-4-8-12(13)14/h1-10H,17H2,(H,19,20). The quantitative estimate of drug-likeness (QED) is 0.424. The fourth-order valence-corrected chi connectivity index (χ4v) is 2.20. The van der Waals surface area contributed by atoms with Crippen molar-refractivity contribution in [1.82, 2.24) is 10.4 Å². The average Bonchev–Trinajstić information content (AvgIpc) is 2.54. The molecule has 2 aromatic carbocycles. The van der Waals surface area contributed by atoms with E-state index in [1.54, 1.807) is 6.07 Å². The third-order valence-corrected chi connectivity index (χ3v) is 3.16. The van der Waals surface area contributed by atoms with Gasteiger partial charge < -0.3 is 0 Å². The summed E-state index contributed by atoms with van der Waals surface area (Å²) in [6.45, 7) is 0. The first-order chi connectivity index (χ1) is 9.79. The van der Waals surface area contributed by atoms with Crippen LogP contribution in [0.3, 0.4) is 0 Å². The molecule has 4 heteroatoms. The van der Waals surface area contributed by atoms with E-state index in [2.05, 4.69) is 10.4 Å². The van der Waals surface area contributed by atoms with Crippen molar-refractivity contribution in [2.75, 3.05) is 0 Å². The number of hydrogen-bond donors (Lipinski definition) is 2. The Hall–Kier alpha value is -2.72. The molecule has 0 radical (unpaired) electrons. The van der Waals surface area contributed by atoms with E-state index in [4.69, 9.17) is 5.84 Å². The summed E-state index contributed by atoms with van der Waals surface area (Å²) in [7, 11) is 0. The molecule has 1 amide bonds. The van der Waals surface area contributed by atoms with Gasteiger partial charge in [0.05, 0.1) is 16.8 Å². The Morgan fingerprint density at radius 1 is 1.00 bits per heavy atom. The number of carbonyl (C=O) groups excluding carboxylic acids is 1. The molecule has 1 aromatic heterocycles. The van der Waals surface area contributed by atoms with Crippen molar-refractivity contribution in [3.8, 4) is 11.3 Å². The lowest BCUT2D eigenvalue weighted by atomic mass is 10.0. The van der Waals surface area contributed by atoms with E-state index >= 15 is 0 Å². The van der Waals surface area contributed by atoms with Crippen LogP contribution in [0.5, 0.6) is 0 Å². The minimum atomic E-state index is -0.319. The molecule has 0 spiro atoms. The number of fused-ring (bicyclic) bond motifs is 1. The van der Waals surface area contributed by atoms with Gasteiger partial charge >= 0.3 is 0 Å².